The van der Waals surface area contributed by atoms with Crippen molar-refractivity contribution in [2.24, 2.45) is 0 Å². The Morgan fingerprint density at radius 2 is 1.90 bits per heavy atom. The Morgan fingerprint density at radius 3 is 2.63 bits per heavy atom. The maximum absolute atomic E-state index is 13.3. The van der Waals surface area contributed by atoms with Gasteiger partial charge in [-0.25, -0.2) is 4.79 Å². The minimum absolute atomic E-state index is 0.256. The number of hydrogen-bond donors (Lipinski definition) is 1. The highest BCUT2D eigenvalue weighted by Gasteiger charge is 2.54. The van der Waals surface area contributed by atoms with Gasteiger partial charge >= 0.3 is 6.03 Å². The Kier molecular flexibility index (Phi) is 5.56. The lowest BCUT2D eigenvalue weighted by Gasteiger charge is -2.33. The van der Waals surface area contributed by atoms with Gasteiger partial charge in [0.15, 0.2) is 0 Å². The van der Waals surface area contributed by atoms with Crippen molar-refractivity contribution < 1.29 is 14.4 Å². The van der Waals surface area contributed by atoms with Crippen LogP contribution in [-0.2, 0) is 28.1 Å². The second-order valence-electron chi connectivity index (χ2n) is 7.84. The van der Waals surface area contributed by atoms with E-state index in [1.807, 2.05) is 54.8 Å². The largest absolute Gasteiger partial charge is 0.340 e. The van der Waals surface area contributed by atoms with E-state index >= 15 is 0 Å². The molecule has 1 aliphatic carbocycles. The first-order chi connectivity index (χ1) is 14.4. The molecule has 1 N–H and O–H groups in total. The van der Waals surface area contributed by atoms with Gasteiger partial charge in [0.2, 0.25) is 5.91 Å². The normalized spacial score (nSPS) is 20.3. The Hall–Kier alpha value is -2.80. The number of thioether (sulfide) groups is 1. The lowest BCUT2D eigenvalue weighted by atomic mass is 9.76. The molecular weight excluding hydrogens is 398 g/mol. The lowest BCUT2D eigenvalue weighted by Crippen LogP contribution is -2.47. The van der Waals surface area contributed by atoms with E-state index in [4.69, 9.17) is 0 Å². The number of aryl methyl sites for hydroxylation is 1. The van der Waals surface area contributed by atoms with Crippen molar-refractivity contribution in [2.45, 2.75) is 36.2 Å². The van der Waals surface area contributed by atoms with Crippen molar-refractivity contribution in [1.82, 2.24) is 15.1 Å². The molecule has 6 nitrogen and oxygen atoms in total. The molecule has 1 fully saturated rings. The van der Waals surface area contributed by atoms with Gasteiger partial charge in [-0.2, -0.15) is 0 Å². The van der Waals surface area contributed by atoms with E-state index in [-0.39, 0.29) is 18.4 Å². The van der Waals surface area contributed by atoms with Crippen LogP contribution in [0.1, 0.15) is 29.5 Å². The highest BCUT2D eigenvalue weighted by Crippen LogP contribution is 2.39. The van der Waals surface area contributed by atoms with E-state index in [0.29, 0.717) is 13.0 Å². The molecule has 2 aromatic rings. The van der Waals surface area contributed by atoms with Crippen LogP contribution >= 0.6 is 11.8 Å². The highest BCUT2D eigenvalue weighted by atomic mass is 32.2. The van der Waals surface area contributed by atoms with E-state index in [0.717, 1.165) is 39.3 Å². The van der Waals surface area contributed by atoms with Crippen LogP contribution in [0.3, 0.4) is 0 Å². The third-order valence-corrected chi connectivity index (χ3v) is 6.69. The average Bonchev–Trinajstić information content (AvgIpc) is 2.99. The predicted octanol–water partition coefficient (Wildman–Crippen LogP) is 3.15. The van der Waals surface area contributed by atoms with Crippen molar-refractivity contribution >= 4 is 29.6 Å². The molecule has 1 spiro atoms. The molecule has 0 aromatic heterocycles. The Bertz CT molecular complexity index is 991. The van der Waals surface area contributed by atoms with Gasteiger partial charge in [-0.15, -0.1) is 11.8 Å². The molecule has 1 atom stereocenters. The van der Waals surface area contributed by atoms with Gasteiger partial charge in [0, 0.05) is 18.5 Å². The molecule has 1 aliphatic heterocycles. The Balaban J connectivity index is 1.48. The van der Waals surface area contributed by atoms with E-state index in [1.165, 1.54) is 0 Å². The van der Waals surface area contributed by atoms with E-state index in [2.05, 4.69) is 5.32 Å². The summed E-state index contributed by atoms with van der Waals surface area (Å²) >= 11 is 1.66. The minimum Gasteiger partial charge on any atom is -0.340 e. The molecule has 1 heterocycles. The number of benzene rings is 2. The summed E-state index contributed by atoms with van der Waals surface area (Å²) in [5.41, 5.74) is 1.89. The SMILES string of the molecule is CSc1ccc(CN(C)C(=O)CN2C(=O)N[C@]3(CCCc4ccccc43)C2=O)cc1. The zero-order valence-electron chi connectivity index (χ0n) is 17.2. The number of hydrogen-bond acceptors (Lipinski definition) is 4. The molecule has 30 heavy (non-hydrogen) atoms. The predicted molar refractivity (Wildman–Crippen MR) is 116 cm³/mol. The van der Waals surface area contributed by atoms with E-state index in [9.17, 15) is 14.4 Å². The van der Waals surface area contributed by atoms with Crippen molar-refractivity contribution in [1.29, 1.82) is 0 Å². The Morgan fingerprint density at radius 1 is 1.17 bits per heavy atom. The van der Waals surface area contributed by atoms with Gasteiger partial charge in [0.05, 0.1) is 0 Å². The van der Waals surface area contributed by atoms with Gasteiger partial charge in [-0.1, -0.05) is 36.4 Å². The summed E-state index contributed by atoms with van der Waals surface area (Å²) in [5.74, 6) is -0.598. The maximum atomic E-state index is 13.3. The van der Waals surface area contributed by atoms with Crippen LogP contribution in [0.4, 0.5) is 4.79 Å². The number of rotatable bonds is 5. The fourth-order valence-electron chi connectivity index (χ4n) is 4.30. The molecule has 156 valence electrons. The van der Waals surface area contributed by atoms with Crippen molar-refractivity contribution in [3.8, 4) is 0 Å². The minimum atomic E-state index is -1.04. The molecule has 0 saturated carbocycles. The summed E-state index contributed by atoms with van der Waals surface area (Å²) in [4.78, 5) is 42.5. The molecule has 0 unspecified atom stereocenters. The van der Waals surface area contributed by atoms with Gasteiger partial charge in [0.1, 0.15) is 12.1 Å². The first-order valence-electron chi connectivity index (χ1n) is 10.0. The lowest BCUT2D eigenvalue weighted by molar-refractivity contribution is -0.139. The number of carbonyl (C=O) groups excluding carboxylic acids is 3. The fourth-order valence-corrected chi connectivity index (χ4v) is 4.71. The summed E-state index contributed by atoms with van der Waals surface area (Å²) in [6.45, 7) is 0.166. The van der Waals surface area contributed by atoms with Gasteiger partial charge in [-0.3, -0.25) is 14.5 Å². The van der Waals surface area contributed by atoms with Gasteiger partial charge in [-0.05, 0) is 54.3 Å². The summed E-state index contributed by atoms with van der Waals surface area (Å²) in [7, 11) is 1.69. The quantitative estimate of drug-likeness (QED) is 0.593. The third kappa shape index (κ3) is 3.58. The molecule has 1 saturated heterocycles. The third-order valence-electron chi connectivity index (χ3n) is 5.95. The second kappa shape index (κ2) is 8.14. The Labute approximate surface area is 180 Å². The fraction of sp³-hybridized carbons (Fsp3) is 0.348. The maximum Gasteiger partial charge on any atom is 0.325 e. The molecule has 0 bridgehead atoms. The van der Waals surface area contributed by atoms with Crippen LogP contribution in [0.15, 0.2) is 53.4 Å². The first kappa shape index (κ1) is 20.5. The first-order valence-corrected chi connectivity index (χ1v) is 11.3. The number of urea groups is 1. The number of imide groups is 1. The summed E-state index contributed by atoms with van der Waals surface area (Å²) < 4.78 is 0. The monoisotopic (exact) mass is 423 g/mol. The number of carbonyl (C=O) groups is 3. The average molecular weight is 424 g/mol. The van der Waals surface area contributed by atoms with Crippen molar-refractivity contribution in [2.75, 3.05) is 19.8 Å². The van der Waals surface area contributed by atoms with Crippen LogP contribution in [0.2, 0.25) is 0 Å². The molecule has 2 aromatic carbocycles. The standard InChI is InChI=1S/C23H25N3O3S/c1-25(14-16-9-11-18(30-2)12-10-16)20(27)15-26-21(28)23(24-22(26)29)13-5-7-17-6-3-4-8-19(17)23/h3-4,6,8-12H,5,7,13-15H2,1-2H3,(H,24,29)/t23-/m0/s1. The van der Waals surface area contributed by atoms with Crippen LogP contribution in [0.25, 0.3) is 0 Å². The van der Waals surface area contributed by atoms with Crippen molar-refractivity contribution in [3.05, 3.63) is 65.2 Å². The molecule has 7 heteroatoms. The van der Waals surface area contributed by atoms with Crippen LogP contribution in [0, 0.1) is 0 Å². The van der Waals surface area contributed by atoms with Crippen LogP contribution in [-0.4, -0.2) is 47.5 Å². The molecule has 2 aliphatic rings. The highest BCUT2D eigenvalue weighted by molar-refractivity contribution is 7.98. The summed E-state index contributed by atoms with van der Waals surface area (Å²) in [6.07, 6.45) is 4.27. The van der Waals surface area contributed by atoms with Crippen LogP contribution < -0.4 is 5.32 Å². The zero-order chi connectivity index (χ0) is 21.3. The number of nitrogens with one attached hydrogen (secondary N) is 1. The molecule has 4 amide bonds. The number of fused-ring (bicyclic) bond motifs is 2. The van der Waals surface area contributed by atoms with Crippen molar-refractivity contribution in [3.63, 3.8) is 0 Å². The molecular formula is C23H25N3O3S. The number of nitrogens with zero attached hydrogens (tertiary/aromatic N) is 2. The van der Waals surface area contributed by atoms with Crippen LogP contribution in [0.5, 0.6) is 0 Å². The number of likely N-dealkylation sites (N-methyl/N-ethyl adjacent to an activating group) is 1. The summed E-state index contributed by atoms with van der Waals surface area (Å²) in [5, 5.41) is 2.90. The van der Waals surface area contributed by atoms with Gasteiger partial charge < -0.3 is 10.2 Å². The summed E-state index contributed by atoms with van der Waals surface area (Å²) in [6, 6.07) is 15.2. The topological polar surface area (TPSA) is 69.7 Å². The van der Waals surface area contributed by atoms with Gasteiger partial charge in [0.25, 0.3) is 5.91 Å². The number of amides is 4. The van der Waals surface area contributed by atoms with E-state index in [1.54, 1.807) is 23.7 Å². The molecule has 4 rings (SSSR count). The zero-order valence-corrected chi connectivity index (χ0v) is 18.0. The molecule has 0 radical (unpaired) electrons. The smallest absolute Gasteiger partial charge is 0.325 e. The second-order valence-corrected chi connectivity index (χ2v) is 8.72. The van der Waals surface area contributed by atoms with E-state index < -0.39 is 11.6 Å².